The number of carbonyl (C=O) groups is 2. The Balaban J connectivity index is 3.00. The van der Waals surface area contributed by atoms with Crippen LogP contribution in [-0.4, -0.2) is 24.7 Å². The van der Waals surface area contributed by atoms with Crippen molar-refractivity contribution >= 4 is 35.0 Å². The first-order valence-corrected chi connectivity index (χ1v) is 5.48. The smallest absolute Gasteiger partial charge is 0.337 e. The maximum atomic E-state index is 11.5. The molecule has 0 aliphatic carbocycles. The fraction of sp³-hybridized carbons (Fsp3) is 0.273. The van der Waals surface area contributed by atoms with Crippen molar-refractivity contribution in [1.29, 1.82) is 0 Å². The maximum absolute atomic E-state index is 11.5. The molecule has 0 amide bonds. The van der Waals surface area contributed by atoms with E-state index >= 15 is 0 Å². The molecule has 0 aromatic heterocycles. The van der Waals surface area contributed by atoms with Gasteiger partial charge in [0.1, 0.15) is 0 Å². The summed E-state index contributed by atoms with van der Waals surface area (Å²) in [4.78, 5) is 22.7. The van der Waals surface area contributed by atoms with Gasteiger partial charge in [-0.1, -0.05) is 11.6 Å². The highest BCUT2D eigenvalue weighted by atomic mass is 35.5. The van der Waals surface area contributed by atoms with Crippen LogP contribution in [0, 0.1) is 0 Å². The Kier molecular flexibility index (Phi) is 4.77. The predicted molar refractivity (Wildman–Crippen MR) is 62.5 cm³/mol. The molecule has 0 atom stereocenters. The second-order valence-corrected chi connectivity index (χ2v) is 3.83. The largest absolute Gasteiger partial charge is 0.465 e. The molecule has 0 N–H and O–H groups in total. The number of alkyl halides is 1. The summed E-state index contributed by atoms with van der Waals surface area (Å²) >= 11 is 11.4. The second kappa shape index (κ2) is 5.87. The summed E-state index contributed by atoms with van der Waals surface area (Å²) in [5.74, 6) is -0.386. The van der Waals surface area contributed by atoms with Crippen LogP contribution in [0.2, 0.25) is 5.02 Å². The van der Waals surface area contributed by atoms with E-state index in [-0.39, 0.29) is 23.1 Å². The second-order valence-electron chi connectivity index (χ2n) is 3.05. The zero-order chi connectivity index (χ0) is 12.1. The molecule has 3 nitrogen and oxygen atoms in total. The predicted octanol–water partition coefficient (Wildman–Crippen LogP) is 2.94. The highest BCUT2D eigenvalue weighted by molar-refractivity contribution is 6.34. The lowest BCUT2D eigenvalue weighted by Gasteiger charge is -2.04. The molecule has 0 radical (unpaired) electrons. The molecule has 86 valence electrons. The van der Waals surface area contributed by atoms with Crippen LogP contribution in [0.25, 0.3) is 0 Å². The molecule has 0 saturated heterocycles. The summed E-state index contributed by atoms with van der Waals surface area (Å²) in [5, 5.41) is 0.234. The Hall–Kier alpha value is -1.06. The molecule has 5 heteroatoms. The van der Waals surface area contributed by atoms with E-state index < -0.39 is 5.97 Å². The summed E-state index contributed by atoms with van der Waals surface area (Å²) < 4.78 is 4.54. The number of ether oxygens (including phenoxy) is 1. The van der Waals surface area contributed by atoms with E-state index in [0.29, 0.717) is 11.1 Å². The van der Waals surface area contributed by atoms with Gasteiger partial charge in [0.2, 0.25) is 0 Å². The van der Waals surface area contributed by atoms with Crippen molar-refractivity contribution in [1.82, 2.24) is 0 Å². The monoisotopic (exact) mass is 260 g/mol. The van der Waals surface area contributed by atoms with Gasteiger partial charge in [0.05, 0.1) is 17.7 Å². The lowest BCUT2D eigenvalue weighted by Crippen LogP contribution is -2.05. The lowest BCUT2D eigenvalue weighted by atomic mass is 10.1. The van der Waals surface area contributed by atoms with Crippen LogP contribution in [0.3, 0.4) is 0 Å². The number of halogens is 2. The summed E-state index contributed by atoms with van der Waals surface area (Å²) in [6, 6.07) is 4.41. The van der Waals surface area contributed by atoms with E-state index in [2.05, 4.69) is 4.74 Å². The molecule has 0 unspecified atom stereocenters. The van der Waals surface area contributed by atoms with E-state index in [4.69, 9.17) is 23.2 Å². The van der Waals surface area contributed by atoms with E-state index in [1.54, 1.807) is 0 Å². The minimum absolute atomic E-state index is 0.142. The van der Waals surface area contributed by atoms with Crippen molar-refractivity contribution in [2.75, 3.05) is 13.0 Å². The molecule has 0 fully saturated rings. The number of hydrogen-bond donors (Lipinski definition) is 0. The van der Waals surface area contributed by atoms with Crippen LogP contribution < -0.4 is 0 Å². The Morgan fingerprint density at radius 3 is 2.56 bits per heavy atom. The SMILES string of the molecule is COC(=O)c1ccc(C(=O)CCCl)c(Cl)c1. The van der Waals surface area contributed by atoms with Gasteiger partial charge < -0.3 is 4.74 Å². The van der Waals surface area contributed by atoms with E-state index in [0.717, 1.165) is 0 Å². The molecule has 0 spiro atoms. The number of esters is 1. The van der Waals surface area contributed by atoms with Crippen molar-refractivity contribution in [2.24, 2.45) is 0 Å². The van der Waals surface area contributed by atoms with Gasteiger partial charge in [-0.3, -0.25) is 4.79 Å². The minimum atomic E-state index is -0.488. The van der Waals surface area contributed by atoms with Crippen LogP contribution in [-0.2, 0) is 4.74 Å². The van der Waals surface area contributed by atoms with E-state index in [1.165, 1.54) is 25.3 Å². The summed E-state index contributed by atoms with van der Waals surface area (Å²) in [7, 11) is 1.28. The molecule has 0 bridgehead atoms. The highest BCUT2D eigenvalue weighted by Crippen LogP contribution is 2.20. The number of ketones is 1. The number of rotatable bonds is 4. The Morgan fingerprint density at radius 2 is 2.06 bits per heavy atom. The van der Waals surface area contributed by atoms with Crippen LogP contribution in [0.4, 0.5) is 0 Å². The number of methoxy groups -OCH3 is 1. The zero-order valence-electron chi connectivity index (χ0n) is 8.63. The molecule has 0 saturated carbocycles. The topological polar surface area (TPSA) is 43.4 Å². The van der Waals surface area contributed by atoms with Crippen LogP contribution in [0.15, 0.2) is 18.2 Å². The molecule has 0 aliphatic rings. The standard InChI is InChI=1S/C11H10Cl2O3/c1-16-11(15)7-2-3-8(9(13)6-7)10(14)4-5-12/h2-3,6H,4-5H2,1H3. The van der Waals surface area contributed by atoms with Gasteiger partial charge in [0.25, 0.3) is 0 Å². The molecule has 1 aromatic rings. The highest BCUT2D eigenvalue weighted by Gasteiger charge is 2.13. The van der Waals surface area contributed by atoms with Gasteiger partial charge in [0.15, 0.2) is 5.78 Å². The number of Topliss-reactive ketones (excluding diaryl/α,β-unsaturated/α-hetero) is 1. The lowest BCUT2D eigenvalue weighted by molar-refractivity contribution is 0.0600. The number of benzene rings is 1. The first-order valence-electron chi connectivity index (χ1n) is 4.57. The Labute approximate surface area is 103 Å². The fourth-order valence-corrected chi connectivity index (χ4v) is 1.66. The molecule has 16 heavy (non-hydrogen) atoms. The van der Waals surface area contributed by atoms with Gasteiger partial charge in [-0.05, 0) is 18.2 Å². The molecule has 0 heterocycles. The normalized spacial score (nSPS) is 9.94. The fourth-order valence-electron chi connectivity index (χ4n) is 1.21. The molecular formula is C11H10Cl2O3. The third-order valence-electron chi connectivity index (χ3n) is 2.01. The molecule has 1 aromatic carbocycles. The number of carbonyl (C=O) groups excluding carboxylic acids is 2. The average molecular weight is 261 g/mol. The van der Waals surface area contributed by atoms with Gasteiger partial charge >= 0.3 is 5.97 Å². The van der Waals surface area contributed by atoms with Crippen LogP contribution >= 0.6 is 23.2 Å². The van der Waals surface area contributed by atoms with Gasteiger partial charge in [-0.25, -0.2) is 4.79 Å². The van der Waals surface area contributed by atoms with Gasteiger partial charge in [-0.2, -0.15) is 0 Å². The van der Waals surface area contributed by atoms with Crippen molar-refractivity contribution < 1.29 is 14.3 Å². The quantitative estimate of drug-likeness (QED) is 0.475. The molecule has 0 aliphatic heterocycles. The summed E-state index contributed by atoms with van der Waals surface area (Å²) in [6.07, 6.45) is 0.221. The minimum Gasteiger partial charge on any atom is -0.465 e. The molecule has 1 rings (SSSR count). The average Bonchev–Trinajstić information content (AvgIpc) is 2.28. The third-order valence-corrected chi connectivity index (χ3v) is 2.51. The van der Waals surface area contributed by atoms with Crippen LogP contribution in [0.1, 0.15) is 27.1 Å². The van der Waals surface area contributed by atoms with Crippen molar-refractivity contribution in [2.45, 2.75) is 6.42 Å². The van der Waals surface area contributed by atoms with Crippen molar-refractivity contribution in [3.63, 3.8) is 0 Å². The third kappa shape index (κ3) is 2.97. The van der Waals surface area contributed by atoms with Gasteiger partial charge in [0, 0.05) is 17.9 Å². The first-order chi connectivity index (χ1) is 7.60. The van der Waals surface area contributed by atoms with Crippen molar-refractivity contribution in [3.8, 4) is 0 Å². The van der Waals surface area contributed by atoms with Gasteiger partial charge in [-0.15, -0.1) is 11.6 Å². The maximum Gasteiger partial charge on any atom is 0.337 e. The molecular weight excluding hydrogens is 251 g/mol. The summed E-state index contributed by atoms with van der Waals surface area (Å²) in [6.45, 7) is 0. The number of hydrogen-bond acceptors (Lipinski definition) is 3. The van der Waals surface area contributed by atoms with Crippen molar-refractivity contribution in [3.05, 3.63) is 34.3 Å². The Bertz CT molecular complexity index is 416. The zero-order valence-corrected chi connectivity index (χ0v) is 10.1. The Morgan fingerprint density at radius 1 is 1.38 bits per heavy atom. The first kappa shape index (κ1) is 13.0. The van der Waals surface area contributed by atoms with Crippen LogP contribution in [0.5, 0.6) is 0 Å². The van der Waals surface area contributed by atoms with E-state index in [9.17, 15) is 9.59 Å². The van der Waals surface area contributed by atoms with E-state index in [1.807, 2.05) is 0 Å². The summed E-state index contributed by atoms with van der Waals surface area (Å²) in [5.41, 5.74) is 0.685.